The maximum Gasteiger partial charge on any atom is 0.323 e. The first-order valence-electron chi connectivity index (χ1n) is 10.9. The molecule has 1 aliphatic rings. The highest BCUT2D eigenvalue weighted by Gasteiger charge is 2.24. The first-order chi connectivity index (χ1) is 15.4. The minimum absolute atomic E-state index is 0.0111. The van der Waals surface area contributed by atoms with Crippen molar-refractivity contribution in [3.05, 3.63) is 52.8 Å². The Morgan fingerprint density at radius 1 is 1.22 bits per heavy atom. The number of carbonyl (C=O) groups is 2. The molecule has 0 saturated carbocycles. The Balaban J connectivity index is 1.89. The molecule has 1 unspecified atom stereocenters. The first-order valence-corrected chi connectivity index (χ1v) is 11.3. The van der Waals surface area contributed by atoms with Gasteiger partial charge in [-0.25, -0.2) is 9.18 Å². The maximum atomic E-state index is 14.1. The van der Waals surface area contributed by atoms with E-state index in [1.54, 1.807) is 0 Å². The topological polar surface area (TPSA) is 70.7 Å². The molecule has 1 aliphatic heterocycles. The SMILES string of the molecule is CCN(c1ccc(C(C)CC=O)cc1NC(=O)Nc1ccc(Cl)cc1F)C1CCOCC1. The number of carbonyl (C=O) groups excluding carboxylic acids is 2. The fourth-order valence-electron chi connectivity index (χ4n) is 3.98. The van der Waals surface area contributed by atoms with Gasteiger partial charge in [0.1, 0.15) is 12.1 Å². The molecule has 1 saturated heterocycles. The zero-order chi connectivity index (χ0) is 23.1. The molecule has 8 heteroatoms. The number of hydrogen-bond donors (Lipinski definition) is 2. The van der Waals surface area contributed by atoms with Gasteiger partial charge in [-0.1, -0.05) is 24.6 Å². The summed E-state index contributed by atoms with van der Waals surface area (Å²) in [6, 6.07) is 9.68. The molecule has 2 aromatic carbocycles. The number of anilines is 3. The summed E-state index contributed by atoms with van der Waals surface area (Å²) in [6.45, 7) is 6.21. The van der Waals surface area contributed by atoms with E-state index >= 15 is 0 Å². The summed E-state index contributed by atoms with van der Waals surface area (Å²) in [5.74, 6) is -0.601. The Hall–Kier alpha value is -2.64. The van der Waals surface area contributed by atoms with Crippen LogP contribution in [0.4, 0.5) is 26.2 Å². The predicted octanol–water partition coefficient (Wildman–Crippen LogP) is 5.82. The van der Waals surface area contributed by atoms with E-state index in [0.717, 1.165) is 43.0 Å². The van der Waals surface area contributed by atoms with Crippen LogP contribution in [0.2, 0.25) is 5.02 Å². The molecule has 0 bridgehead atoms. The van der Waals surface area contributed by atoms with Crippen LogP contribution in [0, 0.1) is 5.82 Å². The Morgan fingerprint density at radius 3 is 2.59 bits per heavy atom. The third kappa shape index (κ3) is 5.99. The minimum atomic E-state index is -0.612. The Kier molecular flexibility index (Phi) is 8.47. The number of urea groups is 1. The van der Waals surface area contributed by atoms with Crippen molar-refractivity contribution in [2.45, 2.75) is 45.1 Å². The van der Waals surface area contributed by atoms with Gasteiger partial charge in [0, 0.05) is 37.2 Å². The van der Waals surface area contributed by atoms with Gasteiger partial charge in [0.25, 0.3) is 0 Å². The van der Waals surface area contributed by atoms with Crippen molar-refractivity contribution in [2.75, 3.05) is 35.3 Å². The second kappa shape index (κ2) is 11.3. The van der Waals surface area contributed by atoms with E-state index in [1.807, 2.05) is 25.1 Å². The minimum Gasteiger partial charge on any atom is -0.381 e. The van der Waals surface area contributed by atoms with Crippen LogP contribution in [-0.4, -0.2) is 38.1 Å². The number of halogens is 2. The van der Waals surface area contributed by atoms with Gasteiger partial charge in [-0.05, 0) is 61.6 Å². The molecule has 1 fully saturated rings. The lowest BCUT2D eigenvalue weighted by Crippen LogP contribution is -2.40. The first kappa shape index (κ1) is 24.0. The molecule has 0 spiro atoms. The molecule has 1 heterocycles. The fourth-order valence-corrected chi connectivity index (χ4v) is 4.14. The van der Waals surface area contributed by atoms with Crippen molar-refractivity contribution in [1.82, 2.24) is 0 Å². The number of aldehydes is 1. The van der Waals surface area contributed by atoms with Crippen LogP contribution in [0.25, 0.3) is 0 Å². The molecule has 0 aromatic heterocycles. The number of ether oxygens (including phenoxy) is 1. The van der Waals surface area contributed by atoms with Crippen molar-refractivity contribution in [3.63, 3.8) is 0 Å². The Morgan fingerprint density at radius 2 is 1.94 bits per heavy atom. The average molecular weight is 462 g/mol. The molecular formula is C24H29ClFN3O3. The van der Waals surface area contributed by atoms with Gasteiger partial charge in [0.2, 0.25) is 0 Å². The summed E-state index contributed by atoms with van der Waals surface area (Å²) in [5.41, 5.74) is 2.47. The summed E-state index contributed by atoms with van der Waals surface area (Å²) in [7, 11) is 0. The number of nitrogens with one attached hydrogen (secondary N) is 2. The Labute approximate surface area is 193 Å². The molecule has 32 heavy (non-hydrogen) atoms. The van der Waals surface area contributed by atoms with E-state index in [1.165, 1.54) is 12.1 Å². The van der Waals surface area contributed by atoms with E-state index in [2.05, 4.69) is 22.5 Å². The van der Waals surface area contributed by atoms with Gasteiger partial charge < -0.3 is 25.1 Å². The molecule has 0 radical (unpaired) electrons. The highest BCUT2D eigenvalue weighted by molar-refractivity contribution is 6.30. The number of benzene rings is 2. The summed E-state index contributed by atoms with van der Waals surface area (Å²) in [5, 5.41) is 5.68. The zero-order valence-electron chi connectivity index (χ0n) is 18.4. The number of nitrogens with zero attached hydrogens (tertiary/aromatic N) is 1. The van der Waals surface area contributed by atoms with Gasteiger partial charge in [-0.3, -0.25) is 0 Å². The van der Waals surface area contributed by atoms with Crippen LogP contribution in [0.15, 0.2) is 36.4 Å². The highest BCUT2D eigenvalue weighted by atomic mass is 35.5. The quantitative estimate of drug-likeness (QED) is 0.486. The van der Waals surface area contributed by atoms with Crippen LogP contribution in [0.3, 0.4) is 0 Å². The van der Waals surface area contributed by atoms with Gasteiger partial charge >= 0.3 is 6.03 Å². The molecule has 0 aliphatic carbocycles. The van der Waals surface area contributed by atoms with Crippen molar-refractivity contribution >= 4 is 41.0 Å². The molecular weight excluding hydrogens is 433 g/mol. The van der Waals surface area contributed by atoms with Gasteiger partial charge in [-0.2, -0.15) is 0 Å². The largest absolute Gasteiger partial charge is 0.381 e. The molecule has 6 nitrogen and oxygen atoms in total. The molecule has 2 amide bonds. The number of amides is 2. The maximum absolute atomic E-state index is 14.1. The van der Waals surface area contributed by atoms with Crippen molar-refractivity contribution in [1.29, 1.82) is 0 Å². The lowest BCUT2D eigenvalue weighted by atomic mass is 9.96. The van der Waals surface area contributed by atoms with E-state index in [9.17, 15) is 14.0 Å². The predicted molar refractivity (Wildman–Crippen MR) is 126 cm³/mol. The van der Waals surface area contributed by atoms with E-state index < -0.39 is 11.8 Å². The summed E-state index contributed by atoms with van der Waals surface area (Å²) >= 11 is 5.79. The van der Waals surface area contributed by atoms with Gasteiger partial charge in [-0.15, -0.1) is 0 Å². The summed E-state index contributed by atoms with van der Waals surface area (Å²) in [4.78, 5) is 26.0. The van der Waals surface area contributed by atoms with E-state index in [0.29, 0.717) is 31.4 Å². The second-order valence-electron chi connectivity index (χ2n) is 7.91. The Bertz CT molecular complexity index is 950. The summed E-state index contributed by atoms with van der Waals surface area (Å²) in [6.07, 6.45) is 3.08. The zero-order valence-corrected chi connectivity index (χ0v) is 19.1. The number of rotatable bonds is 8. The highest BCUT2D eigenvalue weighted by Crippen LogP contribution is 2.34. The van der Waals surface area contributed by atoms with E-state index in [4.69, 9.17) is 16.3 Å². The normalized spacial score (nSPS) is 15.1. The summed E-state index contributed by atoms with van der Waals surface area (Å²) < 4.78 is 19.6. The monoisotopic (exact) mass is 461 g/mol. The van der Waals surface area contributed by atoms with Gasteiger partial charge in [0.05, 0.1) is 17.1 Å². The third-order valence-electron chi connectivity index (χ3n) is 5.75. The van der Waals surface area contributed by atoms with Gasteiger partial charge in [0.15, 0.2) is 0 Å². The molecule has 172 valence electrons. The lowest BCUT2D eigenvalue weighted by Gasteiger charge is -2.36. The van der Waals surface area contributed by atoms with Crippen molar-refractivity contribution in [3.8, 4) is 0 Å². The van der Waals surface area contributed by atoms with Crippen LogP contribution < -0.4 is 15.5 Å². The molecule has 2 N–H and O–H groups in total. The smallest absolute Gasteiger partial charge is 0.323 e. The lowest BCUT2D eigenvalue weighted by molar-refractivity contribution is -0.108. The fraction of sp³-hybridized carbons (Fsp3) is 0.417. The van der Waals surface area contributed by atoms with Crippen LogP contribution in [0.5, 0.6) is 0 Å². The van der Waals surface area contributed by atoms with Crippen molar-refractivity contribution in [2.24, 2.45) is 0 Å². The second-order valence-corrected chi connectivity index (χ2v) is 8.35. The number of hydrogen-bond acceptors (Lipinski definition) is 4. The third-order valence-corrected chi connectivity index (χ3v) is 5.98. The average Bonchev–Trinajstić information content (AvgIpc) is 2.78. The molecule has 2 aromatic rings. The molecule has 3 rings (SSSR count). The van der Waals surface area contributed by atoms with E-state index in [-0.39, 0.29) is 16.6 Å². The standard InChI is InChI=1S/C24H29ClFN3O3/c1-3-29(19-9-12-32-13-10-19)23-7-4-17(16(2)8-11-30)14-22(23)28-24(31)27-21-6-5-18(25)15-20(21)26/h4-7,11,14-16,19H,3,8-10,12-13H2,1-2H3,(H2,27,28,31). The molecule has 1 atom stereocenters. The van der Waals surface area contributed by atoms with Crippen LogP contribution in [-0.2, 0) is 9.53 Å². The van der Waals surface area contributed by atoms with Crippen LogP contribution >= 0.6 is 11.6 Å². The van der Waals surface area contributed by atoms with Crippen LogP contribution in [0.1, 0.15) is 44.6 Å². The van der Waals surface area contributed by atoms with Crippen molar-refractivity contribution < 1.29 is 18.7 Å².